The van der Waals surface area contributed by atoms with Crippen LogP contribution in [0.5, 0.6) is 0 Å². The van der Waals surface area contributed by atoms with Gasteiger partial charge < -0.3 is 16.0 Å². The van der Waals surface area contributed by atoms with Crippen molar-refractivity contribution in [3.05, 3.63) is 29.8 Å². The van der Waals surface area contributed by atoms with Crippen molar-refractivity contribution < 1.29 is 9.59 Å². The highest BCUT2D eigenvalue weighted by atomic mass is 16.2. The zero-order valence-electron chi connectivity index (χ0n) is 10.7. The van der Waals surface area contributed by atoms with Gasteiger partial charge in [-0.05, 0) is 18.7 Å². The van der Waals surface area contributed by atoms with E-state index in [4.69, 9.17) is 0 Å². The van der Waals surface area contributed by atoms with Crippen LogP contribution >= 0.6 is 0 Å². The third-order valence-corrected chi connectivity index (χ3v) is 2.52. The van der Waals surface area contributed by atoms with E-state index in [0.29, 0.717) is 18.7 Å². The van der Waals surface area contributed by atoms with Crippen LogP contribution in [-0.4, -0.2) is 32.5 Å². The number of anilines is 1. The van der Waals surface area contributed by atoms with E-state index < -0.39 is 0 Å². The van der Waals surface area contributed by atoms with Crippen molar-refractivity contribution in [2.45, 2.75) is 12.8 Å². The van der Waals surface area contributed by atoms with E-state index in [0.717, 1.165) is 5.56 Å². The summed E-state index contributed by atoms with van der Waals surface area (Å²) in [7, 11) is 3.39. The Morgan fingerprint density at radius 2 is 1.83 bits per heavy atom. The Balaban J connectivity index is 2.69. The van der Waals surface area contributed by atoms with E-state index in [2.05, 4.69) is 16.0 Å². The van der Waals surface area contributed by atoms with Crippen LogP contribution in [-0.2, 0) is 16.0 Å². The van der Waals surface area contributed by atoms with Crippen LogP contribution in [0.4, 0.5) is 5.69 Å². The van der Waals surface area contributed by atoms with Crippen LogP contribution in [0.2, 0.25) is 0 Å². The molecule has 0 radical (unpaired) electrons. The Labute approximate surface area is 107 Å². The lowest BCUT2D eigenvalue weighted by molar-refractivity contribution is -0.120. The third kappa shape index (κ3) is 4.55. The second-order valence-corrected chi connectivity index (χ2v) is 3.91. The summed E-state index contributed by atoms with van der Waals surface area (Å²) in [4.78, 5) is 23.0. The summed E-state index contributed by atoms with van der Waals surface area (Å²) in [6, 6.07) is 7.32. The maximum Gasteiger partial charge on any atom is 0.225 e. The quantitative estimate of drug-likeness (QED) is 0.688. The smallest absolute Gasteiger partial charge is 0.225 e. The van der Waals surface area contributed by atoms with Crippen molar-refractivity contribution in [1.29, 1.82) is 0 Å². The highest BCUT2D eigenvalue weighted by molar-refractivity contribution is 5.92. The molecule has 0 fully saturated rings. The normalized spacial score (nSPS) is 9.89. The molecule has 0 unspecified atom stereocenters. The van der Waals surface area contributed by atoms with E-state index >= 15 is 0 Å². The zero-order valence-corrected chi connectivity index (χ0v) is 10.7. The van der Waals surface area contributed by atoms with Gasteiger partial charge in [-0.3, -0.25) is 9.59 Å². The summed E-state index contributed by atoms with van der Waals surface area (Å²) in [6.45, 7) is 0.628. The first kappa shape index (κ1) is 14.2. The Bertz CT molecular complexity index is 418. The van der Waals surface area contributed by atoms with Crippen LogP contribution in [0.25, 0.3) is 0 Å². The maximum absolute atomic E-state index is 11.6. The van der Waals surface area contributed by atoms with Gasteiger partial charge in [-0.25, -0.2) is 0 Å². The lowest BCUT2D eigenvalue weighted by atomic mass is 10.1. The van der Waals surface area contributed by atoms with Gasteiger partial charge in [0.2, 0.25) is 11.8 Å². The number of hydrogen-bond donors (Lipinski definition) is 3. The molecule has 0 aromatic heterocycles. The second kappa shape index (κ2) is 7.45. The lowest BCUT2D eigenvalue weighted by Crippen LogP contribution is -2.22. The summed E-state index contributed by atoms with van der Waals surface area (Å²) in [5.41, 5.74) is 1.51. The molecule has 0 aliphatic carbocycles. The second-order valence-electron chi connectivity index (χ2n) is 3.91. The molecule has 1 rings (SSSR count). The Hall–Kier alpha value is -1.88. The van der Waals surface area contributed by atoms with Crippen molar-refractivity contribution in [3.8, 4) is 0 Å². The highest BCUT2D eigenvalue weighted by Crippen LogP contribution is 2.15. The minimum absolute atomic E-state index is 0.0614. The molecule has 0 spiro atoms. The van der Waals surface area contributed by atoms with E-state index in [9.17, 15) is 9.59 Å². The number of para-hydroxylation sites is 1. The summed E-state index contributed by atoms with van der Waals surface area (Å²) in [5, 5.41) is 8.30. The molecule has 3 N–H and O–H groups in total. The Kier molecular flexibility index (Phi) is 5.87. The number of carbonyl (C=O) groups excluding carboxylic acids is 2. The van der Waals surface area contributed by atoms with Gasteiger partial charge in [0.05, 0.1) is 6.42 Å². The number of amides is 2. The predicted molar refractivity (Wildman–Crippen MR) is 71.4 cm³/mol. The van der Waals surface area contributed by atoms with Crippen LogP contribution in [0.15, 0.2) is 24.3 Å². The fourth-order valence-electron chi connectivity index (χ4n) is 1.51. The van der Waals surface area contributed by atoms with Crippen molar-refractivity contribution in [1.82, 2.24) is 10.6 Å². The van der Waals surface area contributed by atoms with Gasteiger partial charge in [-0.15, -0.1) is 0 Å². The van der Waals surface area contributed by atoms with E-state index in [-0.39, 0.29) is 18.2 Å². The first-order chi connectivity index (χ1) is 8.67. The fraction of sp³-hybridized carbons (Fsp3) is 0.385. The van der Waals surface area contributed by atoms with Crippen molar-refractivity contribution in [2.24, 2.45) is 0 Å². The van der Waals surface area contributed by atoms with Gasteiger partial charge >= 0.3 is 0 Å². The van der Waals surface area contributed by atoms with Gasteiger partial charge in [0.1, 0.15) is 0 Å². The first-order valence-electron chi connectivity index (χ1n) is 5.90. The molecule has 0 aliphatic rings. The number of nitrogens with one attached hydrogen (secondary N) is 3. The van der Waals surface area contributed by atoms with Crippen LogP contribution < -0.4 is 16.0 Å². The van der Waals surface area contributed by atoms with Gasteiger partial charge in [-0.1, -0.05) is 18.2 Å². The minimum Gasteiger partial charge on any atom is -0.359 e. The van der Waals surface area contributed by atoms with Crippen molar-refractivity contribution in [2.75, 3.05) is 26.0 Å². The average molecular weight is 249 g/mol. The van der Waals surface area contributed by atoms with Crippen LogP contribution in [0, 0.1) is 0 Å². The number of hydrogen-bond acceptors (Lipinski definition) is 3. The predicted octanol–water partition coefficient (Wildman–Crippen LogP) is 0.523. The maximum atomic E-state index is 11.6. The molecule has 1 aromatic rings. The van der Waals surface area contributed by atoms with Crippen molar-refractivity contribution >= 4 is 17.5 Å². The molecule has 1 aromatic carbocycles. The molecule has 0 atom stereocenters. The highest BCUT2D eigenvalue weighted by Gasteiger charge is 2.08. The van der Waals surface area contributed by atoms with E-state index in [1.807, 2.05) is 18.2 Å². The largest absolute Gasteiger partial charge is 0.359 e. The lowest BCUT2D eigenvalue weighted by Gasteiger charge is -2.10. The number of likely N-dealkylation sites (N-methyl/N-ethyl adjacent to an activating group) is 1. The minimum atomic E-state index is -0.0769. The molecular formula is C13H19N3O2. The van der Waals surface area contributed by atoms with Gasteiger partial charge in [0, 0.05) is 25.7 Å². The Morgan fingerprint density at radius 3 is 2.50 bits per heavy atom. The van der Waals surface area contributed by atoms with Crippen LogP contribution in [0.3, 0.4) is 0 Å². The summed E-state index contributed by atoms with van der Waals surface area (Å²) < 4.78 is 0. The zero-order chi connectivity index (χ0) is 13.4. The topological polar surface area (TPSA) is 70.2 Å². The summed E-state index contributed by atoms with van der Waals surface area (Å²) in [6.07, 6.45) is 0.670. The Morgan fingerprint density at radius 1 is 1.11 bits per heavy atom. The molecule has 98 valence electrons. The molecule has 0 heterocycles. The molecule has 0 aliphatic heterocycles. The number of benzene rings is 1. The molecule has 0 saturated carbocycles. The van der Waals surface area contributed by atoms with Crippen LogP contribution in [0.1, 0.15) is 12.0 Å². The standard InChI is InChI=1S/C13H19N3O2/c1-14-8-7-12(17)16-11-6-4-3-5-10(11)9-13(18)15-2/h3-6,14H,7-9H2,1-2H3,(H,15,18)(H,16,17). The first-order valence-corrected chi connectivity index (χ1v) is 5.90. The summed E-state index contributed by atoms with van der Waals surface area (Å²) >= 11 is 0. The van der Waals surface area contributed by atoms with E-state index in [1.165, 1.54) is 0 Å². The van der Waals surface area contributed by atoms with Crippen molar-refractivity contribution in [3.63, 3.8) is 0 Å². The van der Waals surface area contributed by atoms with Gasteiger partial charge in [0.25, 0.3) is 0 Å². The molecule has 2 amide bonds. The fourth-order valence-corrected chi connectivity index (χ4v) is 1.51. The molecule has 18 heavy (non-hydrogen) atoms. The van der Waals surface area contributed by atoms with Gasteiger partial charge in [-0.2, -0.15) is 0 Å². The molecule has 0 saturated heterocycles. The SMILES string of the molecule is CNCCC(=O)Nc1ccccc1CC(=O)NC. The van der Waals surface area contributed by atoms with Gasteiger partial charge in [0.15, 0.2) is 0 Å². The molecule has 0 bridgehead atoms. The third-order valence-electron chi connectivity index (χ3n) is 2.52. The van der Waals surface area contributed by atoms with E-state index in [1.54, 1.807) is 20.2 Å². The average Bonchev–Trinajstić information content (AvgIpc) is 2.38. The number of rotatable bonds is 6. The molecule has 5 nitrogen and oxygen atoms in total. The molecule has 5 heteroatoms. The molecular weight excluding hydrogens is 230 g/mol. The number of carbonyl (C=O) groups is 2. The monoisotopic (exact) mass is 249 g/mol. The summed E-state index contributed by atoms with van der Waals surface area (Å²) in [5.74, 6) is -0.138.